The van der Waals surface area contributed by atoms with E-state index in [1.807, 2.05) is 6.07 Å². The molecule has 2 rings (SSSR count). The number of nitrogen functional groups attached to an aromatic ring is 2. The zero-order chi connectivity index (χ0) is 12.1. The van der Waals surface area contributed by atoms with Gasteiger partial charge in [0.1, 0.15) is 12.0 Å². The Morgan fingerprint density at radius 1 is 1.29 bits per heavy atom. The summed E-state index contributed by atoms with van der Waals surface area (Å²) in [6.07, 6.45) is 2.35. The van der Waals surface area contributed by atoms with Gasteiger partial charge in [0.15, 0.2) is 11.6 Å². The minimum Gasteiger partial charge on any atom is -0.393 e. The highest BCUT2D eigenvalue weighted by atomic mass is 32.1. The molecule has 0 saturated heterocycles. The van der Waals surface area contributed by atoms with E-state index in [4.69, 9.17) is 11.6 Å². The van der Waals surface area contributed by atoms with Crippen LogP contribution in [0.2, 0.25) is 0 Å². The van der Waals surface area contributed by atoms with E-state index in [1.54, 1.807) is 11.3 Å². The fraction of sp³-hybridized carbons (Fsp3) is 0.200. The Kier molecular flexibility index (Phi) is 3.73. The first-order valence-electron chi connectivity index (χ1n) is 5.14. The molecule has 6 N–H and O–H groups in total. The number of nitrogens with one attached hydrogen (secondary N) is 2. The quantitative estimate of drug-likeness (QED) is 0.467. The van der Waals surface area contributed by atoms with Gasteiger partial charge in [-0.05, 0) is 17.9 Å². The van der Waals surface area contributed by atoms with Gasteiger partial charge in [0, 0.05) is 11.4 Å². The lowest BCUT2D eigenvalue weighted by Gasteiger charge is -2.09. The van der Waals surface area contributed by atoms with Crippen molar-refractivity contribution >= 4 is 28.7 Å². The molecule has 2 aromatic rings. The molecule has 0 aliphatic carbocycles. The van der Waals surface area contributed by atoms with Crippen molar-refractivity contribution < 1.29 is 0 Å². The van der Waals surface area contributed by atoms with Gasteiger partial charge in [-0.15, -0.1) is 11.3 Å². The van der Waals surface area contributed by atoms with E-state index in [9.17, 15) is 0 Å². The molecule has 6 nitrogen and oxygen atoms in total. The first-order valence-corrected chi connectivity index (χ1v) is 6.02. The van der Waals surface area contributed by atoms with Gasteiger partial charge in [-0.25, -0.2) is 15.8 Å². The number of thiophene rings is 1. The third kappa shape index (κ3) is 2.83. The summed E-state index contributed by atoms with van der Waals surface area (Å²) in [5.41, 5.74) is 8.68. The first-order chi connectivity index (χ1) is 8.31. The van der Waals surface area contributed by atoms with E-state index in [1.165, 1.54) is 11.2 Å². The van der Waals surface area contributed by atoms with Crippen molar-refractivity contribution in [2.45, 2.75) is 6.42 Å². The maximum atomic E-state index is 5.83. The summed E-state index contributed by atoms with van der Waals surface area (Å²) < 4.78 is 0. The largest absolute Gasteiger partial charge is 0.393 e. The van der Waals surface area contributed by atoms with Crippen molar-refractivity contribution in [3.8, 4) is 0 Å². The van der Waals surface area contributed by atoms with Crippen molar-refractivity contribution in [2.75, 3.05) is 23.0 Å². The molecule has 0 spiro atoms. The van der Waals surface area contributed by atoms with Crippen molar-refractivity contribution in [1.82, 2.24) is 9.97 Å². The molecule has 7 heteroatoms. The Balaban J connectivity index is 1.95. The minimum absolute atomic E-state index is 0.429. The molecule has 0 aliphatic rings. The van der Waals surface area contributed by atoms with Gasteiger partial charge in [0.05, 0.1) is 0 Å². The summed E-state index contributed by atoms with van der Waals surface area (Å²) >= 11 is 1.73. The van der Waals surface area contributed by atoms with E-state index < -0.39 is 0 Å². The van der Waals surface area contributed by atoms with E-state index in [-0.39, 0.29) is 0 Å². The van der Waals surface area contributed by atoms with Crippen LogP contribution in [0.4, 0.5) is 17.3 Å². The highest BCUT2D eigenvalue weighted by molar-refractivity contribution is 7.09. The molecule has 0 unspecified atom stereocenters. The maximum Gasteiger partial charge on any atom is 0.168 e. The van der Waals surface area contributed by atoms with Crippen molar-refractivity contribution in [3.05, 3.63) is 28.7 Å². The zero-order valence-electron chi connectivity index (χ0n) is 9.18. The molecule has 0 fully saturated rings. The molecule has 2 heterocycles. The van der Waals surface area contributed by atoms with Crippen LogP contribution in [-0.2, 0) is 6.42 Å². The molecule has 0 saturated carbocycles. The number of rotatable bonds is 5. The fourth-order valence-electron chi connectivity index (χ4n) is 1.41. The van der Waals surface area contributed by atoms with E-state index in [2.05, 4.69) is 32.2 Å². The Labute approximate surface area is 103 Å². The number of nitrogens with two attached hydrogens (primary N) is 2. The van der Waals surface area contributed by atoms with Crippen LogP contribution in [0.15, 0.2) is 23.8 Å². The molecule has 0 aromatic carbocycles. The number of aromatic nitrogens is 2. The highest BCUT2D eigenvalue weighted by Gasteiger charge is 2.05. The lowest BCUT2D eigenvalue weighted by atomic mass is 10.3. The van der Waals surface area contributed by atoms with Crippen molar-refractivity contribution in [2.24, 2.45) is 5.84 Å². The summed E-state index contributed by atoms with van der Waals surface area (Å²) in [5, 5.41) is 5.22. The lowest BCUT2D eigenvalue weighted by Crippen LogP contribution is -2.14. The number of hydrogen-bond donors (Lipinski definition) is 4. The van der Waals surface area contributed by atoms with Gasteiger partial charge < -0.3 is 16.5 Å². The van der Waals surface area contributed by atoms with Gasteiger partial charge in [-0.3, -0.25) is 0 Å². The predicted octanol–water partition coefficient (Wildman–Crippen LogP) is 1.06. The van der Waals surface area contributed by atoms with E-state index >= 15 is 0 Å². The van der Waals surface area contributed by atoms with Crippen LogP contribution in [0.25, 0.3) is 0 Å². The Bertz CT molecular complexity index is 470. The van der Waals surface area contributed by atoms with Crippen LogP contribution >= 0.6 is 11.3 Å². The molecular weight excluding hydrogens is 236 g/mol. The smallest absolute Gasteiger partial charge is 0.168 e. The molecule has 90 valence electrons. The molecule has 0 atom stereocenters. The van der Waals surface area contributed by atoms with Crippen molar-refractivity contribution in [3.63, 3.8) is 0 Å². The fourth-order valence-corrected chi connectivity index (χ4v) is 2.12. The monoisotopic (exact) mass is 250 g/mol. The molecule has 17 heavy (non-hydrogen) atoms. The average Bonchev–Trinajstić information content (AvgIpc) is 2.84. The Morgan fingerprint density at radius 3 is 2.82 bits per heavy atom. The summed E-state index contributed by atoms with van der Waals surface area (Å²) in [6.45, 7) is 0.770. The zero-order valence-corrected chi connectivity index (χ0v) is 10.00. The summed E-state index contributed by atoms with van der Waals surface area (Å²) in [4.78, 5) is 9.29. The van der Waals surface area contributed by atoms with Crippen LogP contribution in [0, 0.1) is 0 Å². The van der Waals surface area contributed by atoms with Crippen LogP contribution < -0.4 is 22.3 Å². The number of nitrogens with zero attached hydrogens (tertiary/aromatic N) is 2. The molecular formula is C10H14N6S. The first kappa shape index (κ1) is 11.6. The normalized spacial score (nSPS) is 10.2. The van der Waals surface area contributed by atoms with Gasteiger partial charge in [-0.2, -0.15) is 0 Å². The van der Waals surface area contributed by atoms with E-state index in [0.29, 0.717) is 17.3 Å². The van der Waals surface area contributed by atoms with Gasteiger partial charge >= 0.3 is 0 Å². The number of hydrogen-bond acceptors (Lipinski definition) is 7. The van der Waals surface area contributed by atoms with E-state index in [0.717, 1.165) is 13.0 Å². The predicted molar refractivity (Wildman–Crippen MR) is 70.8 cm³/mol. The lowest BCUT2D eigenvalue weighted by molar-refractivity contribution is 1.02. The van der Waals surface area contributed by atoms with Crippen LogP contribution in [0.3, 0.4) is 0 Å². The number of hydrazine groups is 1. The third-order valence-corrected chi connectivity index (χ3v) is 3.20. The summed E-state index contributed by atoms with van der Waals surface area (Å²) in [6, 6.07) is 4.14. The Hall–Kier alpha value is -1.86. The van der Waals surface area contributed by atoms with Gasteiger partial charge in [0.25, 0.3) is 0 Å². The van der Waals surface area contributed by atoms with Crippen LogP contribution in [0.5, 0.6) is 0 Å². The number of anilines is 3. The minimum atomic E-state index is 0.429. The summed E-state index contributed by atoms with van der Waals surface area (Å²) in [7, 11) is 0. The van der Waals surface area contributed by atoms with Crippen LogP contribution in [0.1, 0.15) is 4.88 Å². The SMILES string of the molecule is NNc1ncnc(NCCc2cccs2)c1N. The average molecular weight is 250 g/mol. The standard InChI is InChI=1S/C10H14N6S/c11-8-9(14-6-15-10(8)16-12)13-4-3-7-2-1-5-17-7/h1-2,5-6H,3-4,11-12H2,(H2,13,14,15,16). The van der Waals surface area contributed by atoms with Crippen LogP contribution in [-0.4, -0.2) is 16.5 Å². The second kappa shape index (κ2) is 5.46. The highest BCUT2D eigenvalue weighted by Crippen LogP contribution is 2.21. The second-order valence-corrected chi connectivity index (χ2v) is 4.42. The Morgan fingerprint density at radius 2 is 2.12 bits per heavy atom. The molecule has 2 aromatic heterocycles. The second-order valence-electron chi connectivity index (χ2n) is 3.39. The van der Waals surface area contributed by atoms with Gasteiger partial charge in [-0.1, -0.05) is 6.07 Å². The molecule has 0 aliphatic heterocycles. The third-order valence-electron chi connectivity index (χ3n) is 2.26. The molecule has 0 amide bonds. The topological polar surface area (TPSA) is 102 Å². The molecule has 0 bridgehead atoms. The maximum absolute atomic E-state index is 5.83. The summed E-state index contributed by atoms with van der Waals surface area (Å²) in [5.74, 6) is 6.31. The van der Waals surface area contributed by atoms with Crippen molar-refractivity contribution in [1.29, 1.82) is 0 Å². The van der Waals surface area contributed by atoms with Gasteiger partial charge in [0.2, 0.25) is 0 Å². The molecule has 0 radical (unpaired) electrons.